The van der Waals surface area contributed by atoms with E-state index in [9.17, 15) is 29.6 Å². The van der Waals surface area contributed by atoms with E-state index in [4.69, 9.17) is 9.47 Å². The molecule has 1 heterocycles. The number of non-ortho nitro benzene ring substituents is 1. The SMILES string of the molecule is CC(C)(C)OC(=O)N1CCC(CCOC(=O)c2ccc([N+](=O)[O-])cc2C(=O)O)CC1. The Morgan fingerprint density at radius 1 is 1.20 bits per heavy atom. The van der Waals surface area contributed by atoms with Crippen molar-refractivity contribution in [3.63, 3.8) is 0 Å². The fourth-order valence-corrected chi connectivity index (χ4v) is 3.13. The molecule has 164 valence electrons. The molecule has 2 rings (SSSR count). The molecule has 30 heavy (non-hydrogen) atoms. The van der Waals surface area contributed by atoms with Gasteiger partial charge in [0.2, 0.25) is 0 Å². The van der Waals surface area contributed by atoms with Crippen molar-refractivity contribution in [2.24, 2.45) is 5.92 Å². The number of piperidine rings is 1. The van der Waals surface area contributed by atoms with Gasteiger partial charge in [-0.1, -0.05) is 0 Å². The first-order valence-electron chi connectivity index (χ1n) is 9.64. The number of aromatic carboxylic acids is 1. The number of carboxylic acids is 1. The fraction of sp³-hybridized carbons (Fsp3) is 0.550. The third kappa shape index (κ3) is 6.43. The number of amides is 1. The minimum Gasteiger partial charge on any atom is -0.478 e. The molecular weight excluding hydrogens is 396 g/mol. The summed E-state index contributed by atoms with van der Waals surface area (Å²) in [6.45, 7) is 6.64. The largest absolute Gasteiger partial charge is 0.478 e. The number of nitrogens with zero attached hydrogens (tertiary/aromatic N) is 2. The van der Waals surface area contributed by atoms with Crippen molar-refractivity contribution in [2.45, 2.75) is 45.6 Å². The second-order valence-electron chi connectivity index (χ2n) is 8.13. The lowest BCUT2D eigenvalue weighted by Gasteiger charge is -2.33. The van der Waals surface area contributed by atoms with E-state index in [1.54, 1.807) is 4.90 Å². The average molecular weight is 422 g/mol. The Morgan fingerprint density at radius 3 is 2.37 bits per heavy atom. The van der Waals surface area contributed by atoms with Crippen LogP contribution >= 0.6 is 0 Å². The van der Waals surface area contributed by atoms with Crippen LogP contribution in [0.4, 0.5) is 10.5 Å². The highest BCUT2D eigenvalue weighted by Gasteiger charge is 2.27. The van der Waals surface area contributed by atoms with E-state index in [1.807, 2.05) is 20.8 Å². The van der Waals surface area contributed by atoms with Crippen molar-refractivity contribution in [3.8, 4) is 0 Å². The van der Waals surface area contributed by atoms with Crippen molar-refractivity contribution < 1.29 is 33.9 Å². The lowest BCUT2D eigenvalue weighted by atomic mass is 9.94. The summed E-state index contributed by atoms with van der Waals surface area (Å²) in [7, 11) is 0. The van der Waals surface area contributed by atoms with Crippen LogP contribution in [-0.4, -0.2) is 58.3 Å². The smallest absolute Gasteiger partial charge is 0.410 e. The predicted molar refractivity (Wildman–Crippen MR) is 105 cm³/mol. The van der Waals surface area contributed by atoms with E-state index in [0.29, 0.717) is 19.5 Å². The van der Waals surface area contributed by atoms with Crippen LogP contribution < -0.4 is 0 Å². The van der Waals surface area contributed by atoms with Gasteiger partial charge in [0.25, 0.3) is 5.69 Å². The van der Waals surface area contributed by atoms with Gasteiger partial charge in [0.15, 0.2) is 0 Å². The molecule has 1 aromatic rings. The standard InChI is InChI=1S/C20H26N2O8/c1-20(2,3)30-19(26)21-9-6-13(7-10-21)8-11-29-18(25)15-5-4-14(22(27)28)12-16(15)17(23)24/h4-5,12-13H,6-11H2,1-3H3,(H,23,24). The lowest BCUT2D eigenvalue weighted by Crippen LogP contribution is -2.41. The zero-order chi connectivity index (χ0) is 22.5. The number of rotatable bonds is 6. The Labute approximate surface area is 173 Å². The molecule has 1 saturated heterocycles. The first-order valence-corrected chi connectivity index (χ1v) is 9.64. The maximum atomic E-state index is 12.2. The summed E-state index contributed by atoms with van der Waals surface area (Å²) >= 11 is 0. The number of nitro benzene ring substituents is 1. The van der Waals surface area contributed by atoms with Crippen LogP contribution in [0.2, 0.25) is 0 Å². The number of hydrogen-bond acceptors (Lipinski definition) is 7. The van der Waals surface area contributed by atoms with Gasteiger partial charge in [-0.2, -0.15) is 0 Å². The van der Waals surface area contributed by atoms with Crippen LogP contribution in [0, 0.1) is 16.0 Å². The lowest BCUT2D eigenvalue weighted by molar-refractivity contribution is -0.384. The summed E-state index contributed by atoms with van der Waals surface area (Å²) in [5, 5.41) is 20.0. The molecule has 1 aliphatic heterocycles. The van der Waals surface area contributed by atoms with Crippen molar-refractivity contribution >= 4 is 23.7 Å². The van der Waals surface area contributed by atoms with Crippen molar-refractivity contribution in [3.05, 3.63) is 39.4 Å². The number of likely N-dealkylation sites (tertiary alicyclic amines) is 1. The molecule has 0 spiro atoms. The Hall–Kier alpha value is -3.17. The summed E-state index contributed by atoms with van der Waals surface area (Å²) in [4.78, 5) is 47.4. The number of carbonyl (C=O) groups is 3. The van der Waals surface area contributed by atoms with Gasteiger partial charge < -0.3 is 19.5 Å². The predicted octanol–water partition coefficient (Wildman–Crippen LogP) is 3.49. The molecule has 0 bridgehead atoms. The molecule has 0 radical (unpaired) electrons. The molecule has 1 aromatic carbocycles. The summed E-state index contributed by atoms with van der Waals surface area (Å²) < 4.78 is 10.5. The normalized spacial score (nSPS) is 14.8. The number of benzene rings is 1. The number of ether oxygens (including phenoxy) is 2. The maximum absolute atomic E-state index is 12.2. The number of carboxylic acid groups (broad SMARTS) is 1. The molecule has 0 saturated carbocycles. The van der Waals surface area contributed by atoms with Crippen LogP contribution in [0.1, 0.15) is 60.7 Å². The molecule has 1 fully saturated rings. The third-order valence-corrected chi connectivity index (χ3v) is 4.69. The first-order chi connectivity index (χ1) is 14.0. The van der Waals surface area contributed by atoms with Gasteiger partial charge in [-0.05, 0) is 52.0 Å². The molecule has 0 atom stereocenters. The molecule has 0 aliphatic carbocycles. The summed E-state index contributed by atoms with van der Waals surface area (Å²) in [6.07, 6.45) is 1.72. The quantitative estimate of drug-likeness (QED) is 0.418. The first kappa shape index (κ1) is 23.1. The highest BCUT2D eigenvalue weighted by Crippen LogP contribution is 2.23. The molecule has 10 nitrogen and oxygen atoms in total. The molecule has 0 unspecified atom stereocenters. The van der Waals surface area contributed by atoms with Crippen LogP contribution in [0.5, 0.6) is 0 Å². The zero-order valence-electron chi connectivity index (χ0n) is 17.3. The van der Waals surface area contributed by atoms with E-state index in [0.717, 1.165) is 31.0 Å². The summed E-state index contributed by atoms with van der Waals surface area (Å²) in [6, 6.07) is 2.99. The summed E-state index contributed by atoms with van der Waals surface area (Å²) in [5.74, 6) is -2.03. The van der Waals surface area contributed by atoms with Gasteiger partial charge in [-0.25, -0.2) is 14.4 Å². The van der Waals surface area contributed by atoms with Crippen LogP contribution in [0.25, 0.3) is 0 Å². The van der Waals surface area contributed by atoms with E-state index in [-0.39, 0.29) is 24.2 Å². The Morgan fingerprint density at radius 2 is 1.83 bits per heavy atom. The van der Waals surface area contributed by atoms with Crippen molar-refractivity contribution in [1.29, 1.82) is 0 Å². The van der Waals surface area contributed by atoms with Crippen LogP contribution in [0.15, 0.2) is 18.2 Å². The molecule has 1 aliphatic rings. The highest BCUT2D eigenvalue weighted by molar-refractivity contribution is 6.02. The van der Waals surface area contributed by atoms with Gasteiger partial charge in [-0.15, -0.1) is 0 Å². The van der Waals surface area contributed by atoms with E-state index in [2.05, 4.69) is 0 Å². The minimum absolute atomic E-state index is 0.0893. The molecule has 1 N–H and O–H groups in total. The second-order valence-corrected chi connectivity index (χ2v) is 8.13. The van der Waals surface area contributed by atoms with Gasteiger partial charge in [0.1, 0.15) is 5.60 Å². The molecule has 1 amide bonds. The number of carbonyl (C=O) groups excluding carboxylic acids is 2. The van der Waals surface area contributed by atoms with Crippen LogP contribution in [-0.2, 0) is 9.47 Å². The van der Waals surface area contributed by atoms with Gasteiger partial charge in [-0.3, -0.25) is 10.1 Å². The summed E-state index contributed by atoms with van der Waals surface area (Å²) in [5.41, 5.74) is -1.66. The number of esters is 1. The number of hydrogen-bond donors (Lipinski definition) is 1. The molecule has 10 heteroatoms. The molecular formula is C20H26N2O8. The van der Waals surface area contributed by atoms with E-state index < -0.39 is 33.7 Å². The molecule has 0 aromatic heterocycles. The van der Waals surface area contributed by atoms with Crippen molar-refractivity contribution in [1.82, 2.24) is 4.90 Å². The minimum atomic E-state index is -1.44. The van der Waals surface area contributed by atoms with Gasteiger partial charge in [0.05, 0.1) is 22.7 Å². The Kier molecular flexibility index (Phi) is 7.36. The van der Waals surface area contributed by atoms with Crippen molar-refractivity contribution in [2.75, 3.05) is 19.7 Å². The van der Waals surface area contributed by atoms with Gasteiger partial charge >= 0.3 is 18.0 Å². The third-order valence-electron chi connectivity index (χ3n) is 4.69. The average Bonchev–Trinajstić information content (AvgIpc) is 2.66. The topological polar surface area (TPSA) is 136 Å². The fourth-order valence-electron chi connectivity index (χ4n) is 3.13. The van der Waals surface area contributed by atoms with Crippen LogP contribution in [0.3, 0.4) is 0 Å². The number of nitro groups is 1. The second kappa shape index (κ2) is 9.55. The monoisotopic (exact) mass is 422 g/mol. The van der Waals surface area contributed by atoms with E-state index >= 15 is 0 Å². The Balaban J connectivity index is 1.84. The van der Waals surface area contributed by atoms with E-state index in [1.165, 1.54) is 0 Å². The Bertz CT molecular complexity index is 823. The highest BCUT2D eigenvalue weighted by atomic mass is 16.6. The zero-order valence-corrected chi connectivity index (χ0v) is 17.3. The maximum Gasteiger partial charge on any atom is 0.410 e. The van der Waals surface area contributed by atoms with Gasteiger partial charge in [0, 0.05) is 25.2 Å².